The van der Waals surface area contributed by atoms with Gasteiger partial charge in [0.05, 0.1) is 29.1 Å². The van der Waals surface area contributed by atoms with Crippen LogP contribution in [0, 0.1) is 0 Å². The van der Waals surface area contributed by atoms with E-state index in [0.29, 0.717) is 59.5 Å². The summed E-state index contributed by atoms with van der Waals surface area (Å²) in [6.45, 7) is 12.3. The summed E-state index contributed by atoms with van der Waals surface area (Å²) in [7, 11) is 3.11. The van der Waals surface area contributed by atoms with Crippen molar-refractivity contribution < 1.29 is 31.2 Å². The van der Waals surface area contributed by atoms with E-state index in [9.17, 15) is 4.79 Å². The molecule has 2 saturated heterocycles. The van der Waals surface area contributed by atoms with Gasteiger partial charge in [-0.05, 0) is 34.6 Å². The standard InChI is InChI=1S/C19H27N5O4S.C14H19N5O2S.ClH/c1-12-6-13(27-16-7-15(26-5)21-11-22-16)9-24(12)10-14-8-20-17(29-14)23-18(25)28-19(2,3)4;1-9-3-10(21-13-4-12(20-2)17-8-18-13)6-19(9)7-11-5-16-14(15)22-11;/h7-8,11-13H,6,9-10H2,1-5H3,(H,20,23,25);4-5,8-10H,3,6-7H2,1-2H3,(H2,15,16);1H/t12-,13+;9-,10+;/m00./s1/i8D;5D;. The number of anilines is 2. The molecule has 0 saturated carbocycles. The molecule has 52 heavy (non-hydrogen) atoms. The lowest BCUT2D eigenvalue weighted by molar-refractivity contribution is 0.0636. The van der Waals surface area contributed by atoms with Crippen molar-refractivity contribution >= 4 is 51.4 Å². The third-order valence-electron chi connectivity index (χ3n) is 7.88. The molecule has 2 aliphatic heterocycles. The molecule has 0 spiro atoms. The second kappa shape index (κ2) is 18.6. The average Bonchev–Trinajstić information content (AvgIpc) is 3.82. The van der Waals surface area contributed by atoms with Crippen molar-refractivity contribution in [2.75, 3.05) is 38.4 Å². The van der Waals surface area contributed by atoms with Crippen LogP contribution in [0.3, 0.4) is 0 Å². The zero-order valence-corrected chi connectivity index (χ0v) is 32.6. The highest BCUT2D eigenvalue weighted by atomic mass is 35.5. The minimum Gasteiger partial charge on any atom is -0.481 e. The molecule has 2 fully saturated rings. The Balaban J connectivity index is 0.000000244. The normalized spacial score (nSPS) is 20.8. The van der Waals surface area contributed by atoms with Crippen LogP contribution in [0.25, 0.3) is 0 Å². The van der Waals surface area contributed by atoms with Crippen LogP contribution in [-0.4, -0.2) is 103 Å². The zero-order chi connectivity index (χ0) is 38.3. The number of hydrogen-bond acceptors (Lipinski definition) is 17. The molecule has 0 aliphatic carbocycles. The van der Waals surface area contributed by atoms with Crippen molar-refractivity contribution in [3.05, 3.63) is 46.9 Å². The molecule has 6 heterocycles. The fraction of sp³-hybridized carbons (Fsp3) is 0.545. The number of aromatic nitrogens is 6. The van der Waals surface area contributed by atoms with Crippen LogP contribution in [0.15, 0.2) is 37.1 Å². The molecule has 1 amide bonds. The van der Waals surface area contributed by atoms with Crippen LogP contribution < -0.4 is 30.0 Å². The van der Waals surface area contributed by atoms with E-state index in [-0.39, 0.29) is 43.0 Å². The minimum absolute atomic E-state index is 0. The molecule has 2 aliphatic rings. The highest BCUT2D eigenvalue weighted by Gasteiger charge is 2.32. The molecule has 0 aromatic carbocycles. The molecule has 16 nitrogen and oxygen atoms in total. The Labute approximate surface area is 320 Å². The maximum atomic E-state index is 11.9. The molecule has 19 heteroatoms. The summed E-state index contributed by atoms with van der Waals surface area (Å²) in [5.41, 5.74) is 5.07. The first-order chi connectivity index (χ1) is 25.2. The number of nitrogens with one attached hydrogen (secondary N) is 1. The number of methoxy groups -OCH3 is 2. The maximum Gasteiger partial charge on any atom is 0.413 e. The average molecular weight is 781 g/mol. The summed E-state index contributed by atoms with van der Waals surface area (Å²) in [6.07, 6.45) is 4.43. The monoisotopic (exact) mass is 780 g/mol. The topological polar surface area (TPSA) is 185 Å². The largest absolute Gasteiger partial charge is 0.481 e. The van der Waals surface area contributed by atoms with Gasteiger partial charge in [0.15, 0.2) is 10.3 Å². The SMILES string of the molecule is Cl.[2H]c1nc(N)sc1CN1C[C@H](Oc2cc(OC)ncn2)C[C@@H]1C.[2H]c1nc(NC(=O)OC(C)(C)C)sc1CN1C[C@H](Oc2cc(OC)ncn2)C[C@@H]1C. The number of amides is 1. The smallest absolute Gasteiger partial charge is 0.413 e. The molecule has 4 aromatic heterocycles. The van der Waals surface area contributed by atoms with E-state index in [1.807, 2.05) is 0 Å². The molecule has 4 aromatic rings. The Hall–Kier alpha value is -4.10. The van der Waals surface area contributed by atoms with Gasteiger partial charge in [-0.15, -0.1) is 35.1 Å². The number of nitrogens with two attached hydrogens (primary N) is 1. The zero-order valence-electron chi connectivity index (χ0n) is 32.2. The lowest BCUT2D eigenvalue weighted by Crippen LogP contribution is -2.27. The predicted molar refractivity (Wildman–Crippen MR) is 201 cm³/mol. The van der Waals surface area contributed by atoms with E-state index >= 15 is 0 Å². The van der Waals surface area contributed by atoms with E-state index in [1.165, 1.54) is 35.3 Å². The summed E-state index contributed by atoms with van der Waals surface area (Å²) in [4.78, 5) is 42.4. The number of carbonyl (C=O) groups is 1. The van der Waals surface area contributed by atoms with E-state index in [0.717, 1.165) is 29.1 Å². The van der Waals surface area contributed by atoms with Crippen molar-refractivity contribution in [1.82, 2.24) is 39.7 Å². The summed E-state index contributed by atoms with van der Waals surface area (Å²) >= 11 is 2.66. The van der Waals surface area contributed by atoms with Gasteiger partial charge in [0, 0.05) is 73.2 Å². The molecule has 0 bridgehead atoms. The molecule has 3 N–H and O–H groups in total. The second-order valence-corrected chi connectivity index (χ2v) is 15.3. The van der Waals surface area contributed by atoms with Crippen molar-refractivity contribution in [3.63, 3.8) is 0 Å². The van der Waals surface area contributed by atoms with Gasteiger partial charge in [0.2, 0.25) is 23.5 Å². The Bertz CT molecular complexity index is 1840. The first-order valence-corrected chi connectivity index (χ1v) is 18.0. The Morgan fingerprint density at radius 3 is 1.79 bits per heavy atom. The predicted octanol–water partition coefficient (Wildman–Crippen LogP) is 5.32. The number of carbonyl (C=O) groups excluding carboxylic acids is 1. The number of nitrogens with zero attached hydrogens (tertiary/aromatic N) is 8. The highest BCUT2D eigenvalue weighted by Crippen LogP contribution is 2.28. The van der Waals surface area contributed by atoms with Crippen LogP contribution in [0.1, 0.15) is 60.0 Å². The number of thiazole rings is 2. The van der Waals surface area contributed by atoms with E-state index in [4.69, 9.17) is 32.2 Å². The second-order valence-electron chi connectivity index (χ2n) is 13.1. The summed E-state index contributed by atoms with van der Waals surface area (Å²) in [6, 6.07) is 3.96. The van der Waals surface area contributed by atoms with Crippen molar-refractivity contribution in [2.45, 2.75) is 90.4 Å². The number of rotatable bonds is 11. The van der Waals surface area contributed by atoms with E-state index in [2.05, 4.69) is 58.9 Å². The van der Waals surface area contributed by atoms with Gasteiger partial charge < -0.3 is 29.4 Å². The van der Waals surface area contributed by atoms with Gasteiger partial charge in [-0.3, -0.25) is 15.1 Å². The highest BCUT2D eigenvalue weighted by molar-refractivity contribution is 7.15. The van der Waals surface area contributed by atoms with Gasteiger partial charge >= 0.3 is 6.09 Å². The lowest BCUT2D eigenvalue weighted by Gasteiger charge is -2.19. The van der Waals surface area contributed by atoms with Crippen molar-refractivity contribution in [2.24, 2.45) is 0 Å². The van der Waals surface area contributed by atoms with Gasteiger partial charge in [0.25, 0.3) is 0 Å². The molecular formula is C33H47ClN10O6S2. The number of hydrogen-bond donors (Lipinski definition) is 2. The van der Waals surface area contributed by atoms with Gasteiger partial charge in [-0.1, -0.05) is 0 Å². The molecule has 6 rings (SSSR count). The Morgan fingerprint density at radius 1 is 0.846 bits per heavy atom. The Morgan fingerprint density at radius 2 is 1.33 bits per heavy atom. The third-order valence-corrected chi connectivity index (χ3v) is 9.50. The maximum absolute atomic E-state index is 11.9. The summed E-state index contributed by atoms with van der Waals surface area (Å²) < 4.78 is 43.3. The summed E-state index contributed by atoms with van der Waals surface area (Å²) in [5, 5.41) is 3.41. The fourth-order valence-corrected chi connectivity index (χ4v) is 7.00. The number of likely N-dealkylation sites (tertiary alicyclic amines) is 2. The molecule has 0 radical (unpaired) electrons. The number of nitrogen functional groups attached to an aromatic ring is 1. The van der Waals surface area contributed by atoms with Gasteiger partial charge in [-0.2, -0.15) is 0 Å². The van der Waals surface area contributed by atoms with Crippen LogP contribution >= 0.6 is 35.1 Å². The van der Waals surface area contributed by atoms with Crippen LogP contribution in [0.5, 0.6) is 23.5 Å². The summed E-state index contributed by atoms with van der Waals surface area (Å²) in [5.74, 6) is 1.93. The van der Waals surface area contributed by atoms with E-state index < -0.39 is 11.7 Å². The number of ether oxygens (including phenoxy) is 5. The van der Waals surface area contributed by atoms with Crippen molar-refractivity contribution in [3.8, 4) is 23.5 Å². The molecule has 0 unspecified atom stereocenters. The molecular weight excluding hydrogens is 732 g/mol. The number of halogens is 1. The first-order valence-electron chi connectivity index (χ1n) is 17.4. The van der Waals surface area contributed by atoms with E-state index in [1.54, 1.807) is 47.1 Å². The minimum atomic E-state index is -0.596. The van der Waals surface area contributed by atoms with Crippen LogP contribution in [-0.2, 0) is 17.8 Å². The first kappa shape index (κ1) is 37.7. The van der Waals surface area contributed by atoms with Gasteiger partial charge in [0.1, 0.15) is 30.5 Å². The fourth-order valence-electron chi connectivity index (χ4n) is 5.56. The van der Waals surface area contributed by atoms with Gasteiger partial charge in [-0.25, -0.2) is 34.7 Å². The Kier molecular flexibility index (Phi) is 13.5. The molecule has 284 valence electrons. The third kappa shape index (κ3) is 12.3. The molecule has 4 atom stereocenters. The quantitative estimate of drug-likeness (QED) is 0.199. The van der Waals surface area contributed by atoms with Crippen molar-refractivity contribution in [1.29, 1.82) is 0 Å². The lowest BCUT2D eigenvalue weighted by atomic mass is 10.2. The van der Waals surface area contributed by atoms with Crippen LogP contribution in [0.2, 0.25) is 0 Å². The van der Waals surface area contributed by atoms with Crippen LogP contribution in [0.4, 0.5) is 15.1 Å².